The van der Waals surface area contributed by atoms with Crippen molar-refractivity contribution in [3.63, 3.8) is 0 Å². The molecule has 0 aliphatic rings. The predicted octanol–water partition coefficient (Wildman–Crippen LogP) is 0.207. The highest BCUT2D eigenvalue weighted by Gasteiger charge is 1.57. The van der Waals surface area contributed by atoms with Gasteiger partial charge in [-0.25, -0.2) is 0 Å². The molecule has 6 heteroatoms. The van der Waals surface area contributed by atoms with Gasteiger partial charge in [0, 0.05) is 4.92 Å². The van der Waals surface area contributed by atoms with Gasteiger partial charge >= 0.3 is 0 Å². The molecule has 0 radical (unpaired) electrons. The number of rotatable bonds is 1. The fourth-order valence-electron chi connectivity index (χ4n) is 0. The van der Waals surface area contributed by atoms with Crippen LogP contribution < -0.4 is 0 Å². The maximum absolute atomic E-state index is 8.81. The molecule has 0 unspecified atom stereocenters. The summed E-state index contributed by atoms with van der Waals surface area (Å²) in [6.45, 7) is 0. The monoisotopic (exact) mass is 122 g/mol. The number of hydrogen-bond acceptors (Lipinski definition) is 5. The zero-order chi connectivity index (χ0) is 6.99. The Kier molecular flexibility index (Phi) is 11.5. The molecule has 0 bridgehead atoms. The fourth-order valence-corrected chi connectivity index (χ4v) is 0. The molecule has 0 aromatic rings. The summed E-state index contributed by atoms with van der Waals surface area (Å²) in [7, 11) is 2.09. The molecule has 0 rings (SSSR count). The average molecular weight is 122 g/mol. The first-order valence-corrected chi connectivity index (χ1v) is 1.59. The summed E-state index contributed by atoms with van der Waals surface area (Å²) in [5.74, 6) is 0. The maximum atomic E-state index is 8.81. The molecule has 0 aliphatic carbocycles. The molecule has 0 aromatic heterocycles. The highest BCUT2D eigenvalue weighted by Crippen LogP contribution is 1.52. The van der Waals surface area contributed by atoms with Crippen LogP contribution in [0.25, 0.3) is 0 Å². The smallest absolute Gasteiger partial charge is 0.194 e. The molecular weight excluding hydrogens is 116 g/mol. The molecule has 48 valence electrons. The van der Waals surface area contributed by atoms with Crippen molar-refractivity contribution >= 4 is 0 Å². The quantitative estimate of drug-likeness (QED) is 0.282. The van der Waals surface area contributed by atoms with Crippen LogP contribution in [0.4, 0.5) is 0 Å². The van der Waals surface area contributed by atoms with Crippen LogP contribution in [-0.4, -0.2) is 19.1 Å². The first-order valence-electron chi connectivity index (χ1n) is 1.59. The van der Waals surface area contributed by atoms with Gasteiger partial charge in [0.15, 0.2) is 12.4 Å². The van der Waals surface area contributed by atoms with Gasteiger partial charge in [-0.3, -0.25) is 10.1 Å². The molecule has 0 aliphatic heterocycles. The molecule has 0 heterocycles. The summed E-state index contributed by atoms with van der Waals surface area (Å²) in [6, 6.07) is 0. The second kappa shape index (κ2) is 9.25. The molecule has 8 heavy (non-hydrogen) atoms. The van der Waals surface area contributed by atoms with E-state index >= 15 is 0 Å². The van der Waals surface area contributed by atoms with E-state index in [0.29, 0.717) is 0 Å². The molecule has 0 aromatic carbocycles. The zero-order valence-corrected chi connectivity index (χ0v) is 4.53. The lowest BCUT2D eigenvalue weighted by Gasteiger charge is -1.63. The Labute approximate surface area is 45.5 Å². The van der Waals surface area contributed by atoms with Crippen LogP contribution >= 0.6 is 0 Å². The van der Waals surface area contributed by atoms with E-state index in [9.17, 15) is 0 Å². The van der Waals surface area contributed by atoms with Crippen molar-refractivity contribution in [3.05, 3.63) is 15.0 Å². The van der Waals surface area contributed by atoms with E-state index in [0.717, 1.165) is 7.05 Å². The molecule has 0 saturated carbocycles. The number of hydrogen-bond donors (Lipinski definition) is 0. The Bertz CT molecular complexity index is 68.4. The van der Waals surface area contributed by atoms with Crippen molar-refractivity contribution in [1.29, 1.82) is 0 Å². The van der Waals surface area contributed by atoms with Gasteiger partial charge in [0.1, 0.15) is 7.11 Å². The van der Waals surface area contributed by atoms with E-state index in [2.05, 4.69) is 4.84 Å². The zero-order valence-electron chi connectivity index (χ0n) is 4.53. The summed E-state index contributed by atoms with van der Waals surface area (Å²) in [5.41, 5.74) is 0. The summed E-state index contributed by atoms with van der Waals surface area (Å²) in [4.78, 5) is 20.6. The average Bonchev–Trinajstić information content (AvgIpc) is 1.65. The van der Waals surface area contributed by atoms with Crippen molar-refractivity contribution in [3.8, 4) is 0 Å². The number of nitro groups is 1. The largest absolute Gasteiger partial charge is 0.367 e. The first-order chi connectivity index (χ1) is 3.65. The minimum atomic E-state index is -0.500. The summed E-state index contributed by atoms with van der Waals surface area (Å²) < 4.78 is 0. The molecular formula is C2H6N2O4. The molecule has 0 amide bonds. The van der Waals surface area contributed by atoms with Gasteiger partial charge in [0.2, 0.25) is 0 Å². The second-order valence-electron chi connectivity index (χ2n) is 0.697. The Hall–Kier alpha value is -1.20. The topological polar surface area (TPSA) is 81.8 Å². The van der Waals surface area contributed by atoms with Crippen molar-refractivity contribution in [2.45, 2.75) is 0 Å². The van der Waals surface area contributed by atoms with Crippen molar-refractivity contribution in [1.82, 2.24) is 0 Å². The van der Waals surface area contributed by atoms with Gasteiger partial charge < -0.3 is 4.84 Å². The lowest BCUT2D eigenvalue weighted by Crippen LogP contribution is -1.79. The van der Waals surface area contributed by atoms with Gasteiger partial charge in [0.25, 0.3) is 0 Å². The Morgan fingerprint density at radius 2 is 1.88 bits per heavy atom. The SMILES string of the molecule is CON=O.C[N+](=O)[O-]. The molecule has 0 atom stereocenters. The first kappa shape index (κ1) is 9.93. The Morgan fingerprint density at radius 3 is 1.88 bits per heavy atom. The van der Waals surface area contributed by atoms with E-state index in [1.165, 1.54) is 7.11 Å². The van der Waals surface area contributed by atoms with E-state index in [-0.39, 0.29) is 0 Å². The third-order valence-corrected chi connectivity index (χ3v) is 0.0745. The van der Waals surface area contributed by atoms with Crippen LogP contribution in [0.2, 0.25) is 0 Å². The predicted molar refractivity (Wildman–Crippen MR) is 25.7 cm³/mol. The second-order valence-corrected chi connectivity index (χ2v) is 0.697. The summed E-state index contributed by atoms with van der Waals surface area (Å²) in [6.07, 6.45) is 0. The third-order valence-electron chi connectivity index (χ3n) is 0.0745. The lowest BCUT2D eigenvalue weighted by atomic mass is 11.5. The standard InChI is InChI=1S/2CH3NO2/c1-4-2-3;1-2(3)4/h2*1H3. The van der Waals surface area contributed by atoms with Crippen molar-refractivity contribution < 1.29 is 9.76 Å². The molecule has 0 saturated heterocycles. The summed E-state index contributed by atoms with van der Waals surface area (Å²) in [5, 5.41) is 10.8. The summed E-state index contributed by atoms with van der Waals surface area (Å²) >= 11 is 0. The van der Waals surface area contributed by atoms with Gasteiger partial charge in [0.05, 0.1) is 0 Å². The Balaban J connectivity index is 0. The number of nitrogens with zero attached hydrogens (tertiary/aromatic N) is 2. The fraction of sp³-hybridized carbons (Fsp3) is 1.00. The lowest BCUT2D eigenvalue weighted by molar-refractivity contribution is -0.445. The van der Waals surface area contributed by atoms with E-state index in [1.54, 1.807) is 0 Å². The van der Waals surface area contributed by atoms with Crippen LogP contribution in [0.5, 0.6) is 0 Å². The highest BCUT2D eigenvalue weighted by molar-refractivity contribution is 3.91. The molecule has 0 fully saturated rings. The van der Waals surface area contributed by atoms with E-state index in [1.807, 2.05) is 5.34 Å². The van der Waals surface area contributed by atoms with Gasteiger partial charge in [-0.1, -0.05) is 0 Å². The van der Waals surface area contributed by atoms with Crippen LogP contribution in [0.1, 0.15) is 0 Å². The molecule has 0 N–H and O–H groups in total. The minimum Gasteiger partial charge on any atom is -0.367 e. The van der Waals surface area contributed by atoms with Crippen molar-refractivity contribution in [2.24, 2.45) is 5.34 Å². The molecule has 6 nitrogen and oxygen atoms in total. The minimum absolute atomic E-state index is 0.500. The molecule has 0 spiro atoms. The maximum Gasteiger partial charge on any atom is 0.194 e. The van der Waals surface area contributed by atoms with Crippen LogP contribution in [0.15, 0.2) is 5.34 Å². The van der Waals surface area contributed by atoms with E-state index in [4.69, 9.17) is 15.0 Å². The van der Waals surface area contributed by atoms with Crippen molar-refractivity contribution in [2.75, 3.05) is 14.2 Å². The Morgan fingerprint density at radius 1 is 1.75 bits per heavy atom. The van der Waals surface area contributed by atoms with Crippen LogP contribution in [0, 0.1) is 15.0 Å². The normalized spacial score (nSPS) is 5.75. The van der Waals surface area contributed by atoms with E-state index < -0.39 is 4.92 Å². The third kappa shape index (κ3) is 1730. The van der Waals surface area contributed by atoms with Gasteiger partial charge in [-0.2, -0.15) is 0 Å². The van der Waals surface area contributed by atoms with Gasteiger partial charge in [-0.05, 0) is 0 Å². The van der Waals surface area contributed by atoms with Crippen LogP contribution in [-0.2, 0) is 4.84 Å². The highest BCUT2D eigenvalue weighted by atomic mass is 16.7. The van der Waals surface area contributed by atoms with Gasteiger partial charge in [-0.15, -0.1) is 4.91 Å². The van der Waals surface area contributed by atoms with Crippen LogP contribution in [0.3, 0.4) is 0 Å².